The molecule has 0 spiro atoms. The number of rotatable bonds is 8. The summed E-state index contributed by atoms with van der Waals surface area (Å²) in [5.41, 5.74) is 3.11. The van der Waals surface area contributed by atoms with Gasteiger partial charge in [-0.3, -0.25) is 9.59 Å². The van der Waals surface area contributed by atoms with E-state index in [0.717, 1.165) is 16.5 Å². The minimum Gasteiger partial charge on any atom is -0.361 e. The highest BCUT2D eigenvalue weighted by Crippen LogP contribution is 2.19. The smallest absolute Gasteiger partial charge is 0.251 e. The van der Waals surface area contributed by atoms with E-state index in [4.69, 9.17) is 11.6 Å². The number of Topliss-reactive ketones (excluding diaryl/α,β-unsaturated/α-hetero) is 1. The number of nitrogens with one attached hydrogen (secondary N) is 2. The third kappa shape index (κ3) is 5.22. The van der Waals surface area contributed by atoms with Gasteiger partial charge in [-0.1, -0.05) is 66.2 Å². The van der Waals surface area contributed by atoms with Crippen LogP contribution in [-0.2, 0) is 6.42 Å². The molecular weight excluding hydrogens is 408 g/mol. The van der Waals surface area contributed by atoms with Gasteiger partial charge in [0, 0.05) is 40.3 Å². The van der Waals surface area contributed by atoms with E-state index in [1.54, 1.807) is 18.2 Å². The lowest BCUT2D eigenvalue weighted by atomic mass is 9.97. The monoisotopic (exact) mass is 430 g/mol. The quantitative estimate of drug-likeness (QED) is 0.346. The van der Waals surface area contributed by atoms with Gasteiger partial charge in [-0.2, -0.15) is 0 Å². The lowest BCUT2D eigenvalue weighted by Crippen LogP contribution is -2.37. The van der Waals surface area contributed by atoms with E-state index >= 15 is 0 Å². The fourth-order valence-corrected chi connectivity index (χ4v) is 3.91. The number of halogens is 1. The molecule has 1 aromatic heterocycles. The first kappa shape index (κ1) is 20.9. The van der Waals surface area contributed by atoms with Gasteiger partial charge in [-0.15, -0.1) is 0 Å². The minimum absolute atomic E-state index is 0.00452. The van der Waals surface area contributed by atoms with Crippen molar-refractivity contribution in [1.29, 1.82) is 0 Å². The number of hydrogen-bond donors (Lipinski definition) is 2. The van der Waals surface area contributed by atoms with Crippen molar-refractivity contribution in [2.45, 2.75) is 25.3 Å². The number of hydrogen-bond acceptors (Lipinski definition) is 2. The van der Waals surface area contributed by atoms with Crippen molar-refractivity contribution in [2.24, 2.45) is 0 Å². The zero-order valence-electron chi connectivity index (χ0n) is 17.0. The number of H-pyrrole nitrogens is 1. The standard InChI is InChI=1S/C26H23ClN2O2/c27-23-9-5-4-6-18(23)12-13-22(17-25(30)20-7-2-1-3-8-20)29-26(31)21-11-10-19-14-15-28-24(19)16-21/h1-11,14-16,22,28H,12-13,17H2,(H,29,31). The lowest BCUT2D eigenvalue weighted by Gasteiger charge is -2.19. The normalized spacial score (nSPS) is 11.9. The second kappa shape index (κ2) is 9.63. The van der Waals surface area contributed by atoms with E-state index in [-0.39, 0.29) is 24.2 Å². The Morgan fingerprint density at radius 1 is 0.903 bits per heavy atom. The van der Waals surface area contributed by atoms with E-state index in [0.29, 0.717) is 29.0 Å². The molecule has 3 aromatic carbocycles. The van der Waals surface area contributed by atoms with Gasteiger partial charge >= 0.3 is 0 Å². The fourth-order valence-electron chi connectivity index (χ4n) is 3.68. The maximum atomic E-state index is 13.0. The van der Waals surface area contributed by atoms with Gasteiger partial charge in [0.05, 0.1) is 0 Å². The van der Waals surface area contributed by atoms with Gasteiger partial charge in [0.2, 0.25) is 0 Å². The SMILES string of the molecule is O=C(CC(CCc1ccccc1Cl)NC(=O)c1ccc2cc[nH]c2c1)c1ccccc1. The van der Waals surface area contributed by atoms with Gasteiger partial charge in [0.25, 0.3) is 5.91 Å². The number of benzene rings is 3. The van der Waals surface area contributed by atoms with Crippen molar-refractivity contribution in [3.05, 3.63) is 107 Å². The van der Waals surface area contributed by atoms with E-state index in [1.165, 1.54) is 0 Å². The largest absolute Gasteiger partial charge is 0.361 e. The number of fused-ring (bicyclic) bond motifs is 1. The first-order valence-electron chi connectivity index (χ1n) is 10.3. The van der Waals surface area contributed by atoms with Crippen LogP contribution >= 0.6 is 11.6 Å². The Labute approximate surface area is 186 Å². The summed E-state index contributed by atoms with van der Waals surface area (Å²) >= 11 is 6.30. The summed E-state index contributed by atoms with van der Waals surface area (Å²) in [5, 5.41) is 4.80. The van der Waals surface area contributed by atoms with Crippen LogP contribution in [0.15, 0.2) is 85.1 Å². The maximum absolute atomic E-state index is 13.0. The van der Waals surface area contributed by atoms with Crippen LogP contribution in [0.4, 0.5) is 0 Å². The molecule has 0 saturated carbocycles. The van der Waals surface area contributed by atoms with Crippen LogP contribution in [0.5, 0.6) is 0 Å². The molecule has 31 heavy (non-hydrogen) atoms. The molecule has 5 heteroatoms. The number of carbonyl (C=O) groups is 2. The van der Waals surface area contributed by atoms with Crippen molar-refractivity contribution >= 4 is 34.2 Å². The number of amides is 1. The summed E-state index contributed by atoms with van der Waals surface area (Å²) in [7, 11) is 0. The van der Waals surface area contributed by atoms with Gasteiger partial charge in [0.1, 0.15) is 0 Å². The predicted molar refractivity (Wildman–Crippen MR) is 125 cm³/mol. The zero-order valence-corrected chi connectivity index (χ0v) is 17.7. The molecule has 2 N–H and O–H groups in total. The molecule has 0 aliphatic rings. The molecule has 1 atom stereocenters. The second-order valence-corrected chi connectivity index (χ2v) is 7.98. The fraction of sp³-hybridized carbons (Fsp3) is 0.154. The highest BCUT2D eigenvalue weighted by molar-refractivity contribution is 6.31. The Balaban J connectivity index is 1.50. The predicted octanol–water partition coefficient (Wildman–Crippen LogP) is 5.83. The van der Waals surface area contributed by atoms with Gasteiger partial charge in [-0.25, -0.2) is 0 Å². The molecule has 4 rings (SSSR count). The average Bonchev–Trinajstić information content (AvgIpc) is 3.27. The van der Waals surface area contributed by atoms with Crippen molar-refractivity contribution in [2.75, 3.05) is 0 Å². The molecule has 0 saturated heterocycles. The highest BCUT2D eigenvalue weighted by Gasteiger charge is 2.19. The summed E-state index contributed by atoms with van der Waals surface area (Å²) in [4.78, 5) is 28.9. The number of aromatic amines is 1. The van der Waals surface area contributed by atoms with Crippen LogP contribution in [0.3, 0.4) is 0 Å². The van der Waals surface area contributed by atoms with E-state index in [9.17, 15) is 9.59 Å². The molecule has 4 aromatic rings. The van der Waals surface area contributed by atoms with Crippen LogP contribution in [0.2, 0.25) is 5.02 Å². The summed E-state index contributed by atoms with van der Waals surface area (Å²) in [6.45, 7) is 0. The molecule has 0 aliphatic heterocycles. The van der Waals surface area contributed by atoms with Crippen molar-refractivity contribution in [3.63, 3.8) is 0 Å². The number of ketones is 1. The van der Waals surface area contributed by atoms with Gasteiger partial charge in [-0.05, 0) is 48.1 Å². The first-order chi connectivity index (χ1) is 15.1. The van der Waals surface area contributed by atoms with Crippen LogP contribution in [0.25, 0.3) is 10.9 Å². The summed E-state index contributed by atoms with van der Waals surface area (Å²) in [6, 6.07) is 24.0. The molecule has 1 unspecified atom stereocenters. The summed E-state index contributed by atoms with van der Waals surface area (Å²) in [6.07, 6.45) is 3.35. The molecule has 0 radical (unpaired) electrons. The Morgan fingerprint density at radius 2 is 1.68 bits per heavy atom. The molecule has 156 valence electrons. The molecular formula is C26H23ClN2O2. The second-order valence-electron chi connectivity index (χ2n) is 7.57. The molecule has 0 fully saturated rings. The van der Waals surface area contributed by atoms with Crippen LogP contribution in [0.1, 0.15) is 39.1 Å². The van der Waals surface area contributed by atoms with Crippen LogP contribution < -0.4 is 5.32 Å². The Bertz CT molecular complexity index is 1200. The third-order valence-corrected chi connectivity index (χ3v) is 5.77. The van der Waals surface area contributed by atoms with Crippen molar-refractivity contribution in [3.8, 4) is 0 Å². The third-order valence-electron chi connectivity index (χ3n) is 5.40. The minimum atomic E-state index is -0.309. The Hall–Kier alpha value is -3.37. The van der Waals surface area contributed by atoms with Gasteiger partial charge < -0.3 is 10.3 Å². The zero-order chi connectivity index (χ0) is 21.6. The maximum Gasteiger partial charge on any atom is 0.251 e. The average molecular weight is 431 g/mol. The first-order valence-corrected chi connectivity index (χ1v) is 10.7. The van der Waals surface area contributed by atoms with Crippen molar-refractivity contribution < 1.29 is 9.59 Å². The molecule has 0 aliphatic carbocycles. The number of carbonyl (C=O) groups excluding carboxylic acids is 2. The molecule has 1 heterocycles. The van der Waals surface area contributed by atoms with Crippen LogP contribution in [-0.4, -0.2) is 22.7 Å². The van der Waals surface area contributed by atoms with Crippen LogP contribution in [0, 0.1) is 0 Å². The topological polar surface area (TPSA) is 62.0 Å². The Morgan fingerprint density at radius 3 is 2.48 bits per heavy atom. The number of aromatic nitrogens is 1. The van der Waals surface area contributed by atoms with Crippen molar-refractivity contribution in [1.82, 2.24) is 10.3 Å². The highest BCUT2D eigenvalue weighted by atomic mass is 35.5. The summed E-state index contributed by atoms with van der Waals surface area (Å²) < 4.78 is 0. The van der Waals surface area contributed by atoms with E-state index in [2.05, 4.69) is 10.3 Å². The van der Waals surface area contributed by atoms with E-state index < -0.39 is 0 Å². The Kier molecular flexibility index (Phi) is 6.48. The summed E-state index contributed by atoms with van der Waals surface area (Å²) in [5.74, 6) is -0.189. The van der Waals surface area contributed by atoms with Gasteiger partial charge in [0.15, 0.2) is 5.78 Å². The van der Waals surface area contributed by atoms with E-state index in [1.807, 2.05) is 66.9 Å². The lowest BCUT2D eigenvalue weighted by molar-refractivity contribution is 0.0910. The molecule has 4 nitrogen and oxygen atoms in total. The molecule has 0 bridgehead atoms. The molecule has 1 amide bonds. The number of aryl methyl sites for hydroxylation is 1.